The Morgan fingerprint density at radius 3 is 2.68 bits per heavy atom. The van der Waals surface area contributed by atoms with Crippen molar-refractivity contribution in [1.29, 1.82) is 0 Å². The third-order valence-electron chi connectivity index (χ3n) is 5.91. The summed E-state index contributed by atoms with van der Waals surface area (Å²) in [6.45, 7) is 3.89. The standard InChI is InChI=1S/C22H21F2N3O4/c1-11-3-4-12(2)26-10-17(11)27-9-15(19(28)20(29)18(27)22(26)31)21(30)25-8-13-5-6-14(23)7-16(13)24/h3-7,9,11-12,17,29H,8,10H2,1-2H3,(H,25,30)/t11-,12+,17-/m1/s1. The van der Waals surface area contributed by atoms with Gasteiger partial charge in [-0.1, -0.05) is 25.1 Å². The van der Waals surface area contributed by atoms with Crippen LogP contribution in [0.5, 0.6) is 5.75 Å². The van der Waals surface area contributed by atoms with Crippen molar-refractivity contribution in [2.45, 2.75) is 32.5 Å². The monoisotopic (exact) mass is 429 g/mol. The molecule has 9 heteroatoms. The predicted molar refractivity (Wildman–Crippen MR) is 108 cm³/mol. The van der Waals surface area contributed by atoms with E-state index >= 15 is 0 Å². The minimum absolute atomic E-state index is 0.0228. The van der Waals surface area contributed by atoms with Crippen LogP contribution in [0, 0.1) is 17.6 Å². The van der Waals surface area contributed by atoms with Crippen molar-refractivity contribution >= 4 is 11.8 Å². The number of amides is 2. The minimum Gasteiger partial charge on any atom is -0.503 e. The summed E-state index contributed by atoms with van der Waals surface area (Å²) < 4.78 is 28.4. The Bertz CT molecular complexity index is 1170. The fourth-order valence-electron chi connectivity index (χ4n) is 4.04. The molecule has 2 aromatic rings. The average Bonchev–Trinajstić information content (AvgIpc) is 2.85. The van der Waals surface area contributed by atoms with Crippen molar-refractivity contribution in [3.8, 4) is 5.75 Å². The average molecular weight is 429 g/mol. The summed E-state index contributed by atoms with van der Waals surface area (Å²) in [5, 5.41) is 13.0. The van der Waals surface area contributed by atoms with Gasteiger partial charge in [0.2, 0.25) is 5.43 Å². The second-order valence-corrected chi connectivity index (χ2v) is 7.90. The first-order chi connectivity index (χ1) is 14.7. The van der Waals surface area contributed by atoms with Crippen LogP contribution in [-0.4, -0.2) is 39.0 Å². The number of nitrogens with one attached hydrogen (secondary N) is 1. The molecule has 3 heterocycles. The number of benzene rings is 1. The lowest BCUT2D eigenvalue weighted by atomic mass is 9.98. The lowest BCUT2D eigenvalue weighted by Gasteiger charge is -2.38. The molecule has 2 aliphatic heterocycles. The Kier molecular flexibility index (Phi) is 5.12. The SMILES string of the molecule is C[C@@H]1C=C[C@H](C)N2C[C@H]1n1cc(C(=O)NCc3ccc(F)cc3F)c(=O)c(O)c1C2=O. The van der Waals surface area contributed by atoms with E-state index in [0.29, 0.717) is 12.6 Å². The number of pyridine rings is 1. The number of nitrogens with zero attached hydrogens (tertiary/aromatic N) is 2. The van der Waals surface area contributed by atoms with E-state index in [1.165, 1.54) is 16.8 Å². The molecule has 0 aliphatic carbocycles. The molecule has 2 bridgehead atoms. The molecule has 0 saturated carbocycles. The molecule has 0 radical (unpaired) electrons. The lowest BCUT2D eigenvalue weighted by Crippen LogP contribution is -2.48. The van der Waals surface area contributed by atoms with E-state index in [-0.39, 0.29) is 41.4 Å². The van der Waals surface area contributed by atoms with Crippen LogP contribution in [0.25, 0.3) is 0 Å². The van der Waals surface area contributed by atoms with E-state index < -0.39 is 34.6 Å². The summed E-state index contributed by atoms with van der Waals surface area (Å²) in [5.74, 6) is -3.71. The predicted octanol–water partition coefficient (Wildman–Crippen LogP) is 2.35. The summed E-state index contributed by atoms with van der Waals surface area (Å²) >= 11 is 0. The van der Waals surface area contributed by atoms with Crippen molar-refractivity contribution in [3.05, 3.63) is 75.2 Å². The zero-order valence-corrected chi connectivity index (χ0v) is 16.9. The van der Waals surface area contributed by atoms with Gasteiger partial charge in [0.15, 0.2) is 11.4 Å². The fraction of sp³-hybridized carbons (Fsp3) is 0.318. The van der Waals surface area contributed by atoms with Crippen LogP contribution in [-0.2, 0) is 6.54 Å². The maximum atomic E-state index is 13.8. The Hall–Kier alpha value is -3.49. The van der Waals surface area contributed by atoms with E-state index in [1.807, 2.05) is 26.0 Å². The van der Waals surface area contributed by atoms with Gasteiger partial charge in [-0.05, 0) is 18.9 Å². The number of aromatic nitrogens is 1. The quantitative estimate of drug-likeness (QED) is 0.733. The second-order valence-electron chi connectivity index (χ2n) is 7.90. The first kappa shape index (κ1) is 20.8. The molecule has 162 valence electrons. The molecular formula is C22H21F2N3O4. The van der Waals surface area contributed by atoms with Crippen LogP contribution in [0.2, 0.25) is 0 Å². The fourth-order valence-corrected chi connectivity index (χ4v) is 4.04. The maximum Gasteiger partial charge on any atom is 0.275 e. The molecule has 2 aliphatic rings. The Labute approximate surface area is 176 Å². The van der Waals surface area contributed by atoms with Crippen LogP contribution in [0.3, 0.4) is 0 Å². The molecule has 0 spiro atoms. The van der Waals surface area contributed by atoms with Crippen LogP contribution >= 0.6 is 0 Å². The molecule has 0 unspecified atom stereocenters. The normalized spacial score (nSPS) is 22.1. The molecule has 1 aromatic carbocycles. The van der Waals surface area contributed by atoms with Crippen LogP contribution in [0.4, 0.5) is 8.78 Å². The van der Waals surface area contributed by atoms with Gasteiger partial charge < -0.3 is 19.9 Å². The number of carbonyl (C=O) groups is 2. The topological polar surface area (TPSA) is 91.6 Å². The number of allylic oxidation sites excluding steroid dienone is 1. The number of carbonyl (C=O) groups excluding carboxylic acids is 2. The smallest absolute Gasteiger partial charge is 0.275 e. The van der Waals surface area contributed by atoms with Crippen LogP contribution < -0.4 is 10.7 Å². The van der Waals surface area contributed by atoms with Crippen molar-refractivity contribution in [1.82, 2.24) is 14.8 Å². The van der Waals surface area contributed by atoms with Gasteiger partial charge >= 0.3 is 0 Å². The Balaban J connectivity index is 1.70. The van der Waals surface area contributed by atoms with Crippen LogP contribution in [0.15, 0.2) is 41.3 Å². The highest BCUT2D eigenvalue weighted by atomic mass is 19.1. The van der Waals surface area contributed by atoms with E-state index in [1.54, 1.807) is 4.90 Å². The number of hydrogen-bond acceptors (Lipinski definition) is 4. The second kappa shape index (κ2) is 7.64. The molecular weight excluding hydrogens is 408 g/mol. The van der Waals surface area contributed by atoms with Gasteiger partial charge in [-0.15, -0.1) is 0 Å². The van der Waals surface area contributed by atoms with Crippen molar-refractivity contribution in [2.24, 2.45) is 5.92 Å². The van der Waals surface area contributed by atoms with Gasteiger partial charge in [0, 0.05) is 37.0 Å². The molecule has 3 atom stereocenters. The minimum atomic E-state index is -0.982. The first-order valence-electron chi connectivity index (χ1n) is 9.88. The summed E-state index contributed by atoms with van der Waals surface area (Å²) in [6.07, 6.45) is 5.13. The van der Waals surface area contributed by atoms with Gasteiger partial charge in [0.1, 0.15) is 17.2 Å². The number of hydrogen-bond donors (Lipinski definition) is 2. The molecule has 7 nitrogen and oxygen atoms in total. The third-order valence-corrected chi connectivity index (χ3v) is 5.91. The van der Waals surface area contributed by atoms with Crippen molar-refractivity contribution in [2.75, 3.05) is 6.54 Å². The molecule has 1 aromatic heterocycles. The molecule has 2 amide bonds. The highest BCUT2D eigenvalue weighted by Crippen LogP contribution is 2.34. The number of rotatable bonds is 3. The van der Waals surface area contributed by atoms with Gasteiger partial charge in [0.05, 0.1) is 6.04 Å². The van der Waals surface area contributed by atoms with E-state index in [9.17, 15) is 28.3 Å². The Morgan fingerprint density at radius 1 is 1.23 bits per heavy atom. The number of halogens is 2. The highest BCUT2D eigenvalue weighted by Gasteiger charge is 2.39. The molecule has 4 rings (SSSR count). The van der Waals surface area contributed by atoms with Crippen LogP contribution in [0.1, 0.15) is 46.3 Å². The van der Waals surface area contributed by atoms with Crippen molar-refractivity contribution in [3.63, 3.8) is 0 Å². The summed E-state index contributed by atoms with van der Waals surface area (Å²) in [6, 6.07) is 2.47. The summed E-state index contributed by atoms with van der Waals surface area (Å²) in [5.41, 5.74) is -1.45. The van der Waals surface area contributed by atoms with Gasteiger partial charge in [-0.3, -0.25) is 14.4 Å². The van der Waals surface area contributed by atoms with Crippen molar-refractivity contribution < 1.29 is 23.5 Å². The zero-order chi connectivity index (χ0) is 22.4. The Morgan fingerprint density at radius 2 is 1.97 bits per heavy atom. The summed E-state index contributed by atoms with van der Waals surface area (Å²) in [7, 11) is 0. The largest absolute Gasteiger partial charge is 0.503 e. The first-order valence-corrected chi connectivity index (χ1v) is 9.88. The van der Waals surface area contributed by atoms with Gasteiger partial charge in [-0.25, -0.2) is 8.78 Å². The molecule has 31 heavy (non-hydrogen) atoms. The third kappa shape index (κ3) is 3.49. The number of aromatic hydroxyl groups is 1. The van der Waals surface area contributed by atoms with E-state index in [0.717, 1.165) is 6.07 Å². The van der Waals surface area contributed by atoms with E-state index in [4.69, 9.17) is 0 Å². The lowest BCUT2D eigenvalue weighted by molar-refractivity contribution is 0.0612. The number of fused-ring (bicyclic) bond motifs is 4. The van der Waals surface area contributed by atoms with Gasteiger partial charge in [-0.2, -0.15) is 0 Å². The molecule has 0 fully saturated rings. The molecule has 0 saturated heterocycles. The summed E-state index contributed by atoms with van der Waals surface area (Å²) in [4.78, 5) is 39.9. The highest BCUT2D eigenvalue weighted by molar-refractivity contribution is 5.99. The maximum absolute atomic E-state index is 13.8. The molecule has 2 N–H and O–H groups in total. The van der Waals surface area contributed by atoms with E-state index in [2.05, 4.69) is 5.32 Å². The van der Waals surface area contributed by atoms with Gasteiger partial charge in [0.25, 0.3) is 11.8 Å². The zero-order valence-electron chi connectivity index (χ0n) is 16.9.